The molecule has 0 radical (unpaired) electrons. The topological polar surface area (TPSA) is 71.1 Å². The van der Waals surface area contributed by atoms with E-state index >= 15 is 0 Å². The van der Waals surface area contributed by atoms with Crippen LogP contribution in [0, 0.1) is 0 Å². The lowest BCUT2D eigenvalue weighted by atomic mass is 10.00. The molecule has 0 atom stereocenters. The lowest BCUT2D eigenvalue weighted by molar-refractivity contribution is -0.452. The Morgan fingerprint density at radius 3 is 2.36 bits per heavy atom. The van der Waals surface area contributed by atoms with Gasteiger partial charge in [0.2, 0.25) is 0 Å². The van der Waals surface area contributed by atoms with Gasteiger partial charge in [-0.25, -0.2) is 14.5 Å². The molecule has 0 fully saturated rings. The van der Waals surface area contributed by atoms with Gasteiger partial charge in [-0.3, -0.25) is 4.89 Å². The quantitative estimate of drug-likeness (QED) is 0.299. The first-order chi connectivity index (χ1) is 12.2. The summed E-state index contributed by atoms with van der Waals surface area (Å²) in [5, 5.41) is 4.24. The number of ether oxygens (including phenoxy) is 1. The van der Waals surface area contributed by atoms with E-state index in [9.17, 15) is 9.59 Å². The summed E-state index contributed by atoms with van der Waals surface area (Å²) in [4.78, 5) is 32.2. The molecule has 2 rings (SSSR count). The predicted octanol–water partition coefficient (Wildman–Crippen LogP) is 4.70. The third kappa shape index (κ3) is 5.93. The number of carbonyl (C=O) groups excluding carboxylic acids is 2. The highest BCUT2D eigenvalue weighted by molar-refractivity contribution is 5.96. The predicted molar refractivity (Wildman–Crippen MR) is 90.3 cm³/mol. The summed E-state index contributed by atoms with van der Waals surface area (Å²) in [6.07, 6.45) is 1.63. The summed E-state index contributed by atoms with van der Waals surface area (Å²) in [7, 11) is 0. The molecule has 0 N–H and O–H groups in total. The van der Waals surface area contributed by atoms with Crippen molar-refractivity contribution < 1.29 is 29.1 Å². The van der Waals surface area contributed by atoms with Gasteiger partial charge in [-0.1, -0.05) is 68.3 Å². The Bertz CT molecular complexity index is 683. The van der Waals surface area contributed by atoms with Gasteiger partial charge in [0.1, 0.15) is 0 Å². The third-order valence-corrected chi connectivity index (χ3v) is 3.41. The molecule has 0 aliphatic heterocycles. The second-order valence-electron chi connectivity index (χ2n) is 5.24. The molecule has 2 aromatic rings. The van der Waals surface area contributed by atoms with Crippen molar-refractivity contribution in [2.75, 3.05) is 6.61 Å². The van der Waals surface area contributed by atoms with Crippen molar-refractivity contribution in [3.63, 3.8) is 0 Å². The van der Waals surface area contributed by atoms with E-state index in [1.807, 2.05) is 43.3 Å². The van der Waals surface area contributed by atoms with Gasteiger partial charge < -0.3 is 4.74 Å². The monoisotopic (exact) mass is 344 g/mol. The fourth-order valence-corrected chi connectivity index (χ4v) is 2.18. The Hall–Kier alpha value is -2.86. The van der Waals surface area contributed by atoms with E-state index in [1.54, 1.807) is 18.2 Å². The van der Waals surface area contributed by atoms with Gasteiger partial charge in [-0.2, -0.15) is 0 Å². The van der Waals surface area contributed by atoms with E-state index in [0.717, 1.165) is 24.8 Å². The Balaban J connectivity index is 1.87. The minimum absolute atomic E-state index is 0.223. The fourth-order valence-electron chi connectivity index (χ4n) is 2.18. The van der Waals surface area contributed by atoms with Crippen molar-refractivity contribution >= 4 is 12.1 Å². The van der Waals surface area contributed by atoms with Gasteiger partial charge >= 0.3 is 12.1 Å². The minimum atomic E-state index is -1.06. The molecule has 2 aromatic carbocycles. The molecule has 0 amide bonds. The average Bonchev–Trinajstić information content (AvgIpc) is 2.66. The Kier molecular flexibility index (Phi) is 7.46. The van der Waals surface area contributed by atoms with E-state index in [4.69, 9.17) is 4.74 Å². The maximum Gasteiger partial charge on any atom is 0.543 e. The highest BCUT2D eigenvalue weighted by atomic mass is 17.5. The maximum absolute atomic E-state index is 12.1. The smallest absolute Gasteiger partial charge is 0.432 e. The molecule has 0 saturated carbocycles. The molecule has 0 unspecified atom stereocenters. The number of rotatable bonds is 8. The van der Waals surface area contributed by atoms with Crippen molar-refractivity contribution in [2.24, 2.45) is 0 Å². The van der Waals surface area contributed by atoms with Gasteiger partial charge in [0.15, 0.2) is 0 Å². The van der Waals surface area contributed by atoms with Crippen molar-refractivity contribution in [1.82, 2.24) is 0 Å². The molecule has 0 bridgehead atoms. The highest BCUT2D eigenvalue weighted by Crippen LogP contribution is 2.24. The third-order valence-electron chi connectivity index (χ3n) is 3.41. The van der Waals surface area contributed by atoms with Gasteiger partial charge in [0, 0.05) is 0 Å². The van der Waals surface area contributed by atoms with E-state index in [0.29, 0.717) is 5.56 Å². The lowest BCUT2D eigenvalue weighted by Gasteiger charge is -2.08. The van der Waals surface area contributed by atoms with Crippen LogP contribution in [0.4, 0.5) is 4.79 Å². The van der Waals surface area contributed by atoms with Crippen molar-refractivity contribution in [2.45, 2.75) is 26.2 Å². The first kappa shape index (κ1) is 18.5. The van der Waals surface area contributed by atoms with Crippen LogP contribution in [0.5, 0.6) is 0 Å². The van der Waals surface area contributed by atoms with E-state index in [1.165, 1.54) is 0 Å². The number of benzene rings is 2. The largest absolute Gasteiger partial charge is 0.543 e. The van der Waals surface area contributed by atoms with Crippen LogP contribution in [-0.4, -0.2) is 18.7 Å². The molecule has 0 spiro atoms. The van der Waals surface area contributed by atoms with E-state index in [2.05, 4.69) is 14.8 Å². The van der Waals surface area contributed by atoms with Crippen LogP contribution in [0.25, 0.3) is 11.1 Å². The van der Waals surface area contributed by atoms with Crippen LogP contribution >= 0.6 is 0 Å². The SMILES string of the molecule is CCCCCOC(=O)OOOC(=O)c1ccccc1-c1ccccc1. The summed E-state index contributed by atoms with van der Waals surface area (Å²) in [6.45, 7) is 2.26. The molecule has 132 valence electrons. The van der Waals surface area contributed by atoms with Gasteiger partial charge in [0.25, 0.3) is 0 Å². The zero-order chi connectivity index (χ0) is 17.9. The molecule has 25 heavy (non-hydrogen) atoms. The fraction of sp³-hybridized carbons (Fsp3) is 0.263. The minimum Gasteiger partial charge on any atom is -0.432 e. The Labute approximate surface area is 146 Å². The molecule has 6 heteroatoms. The van der Waals surface area contributed by atoms with E-state index in [-0.39, 0.29) is 12.2 Å². The van der Waals surface area contributed by atoms with Gasteiger partial charge in [-0.15, -0.1) is 0 Å². The average molecular weight is 344 g/mol. The van der Waals surface area contributed by atoms with Gasteiger partial charge in [0.05, 0.1) is 17.2 Å². The van der Waals surface area contributed by atoms with Crippen molar-refractivity contribution in [3.05, 3.63) is 60.2 Å². The summed E-state index contributed by atoms with van der Waals surface area (Å²) < 4.78 is 4.75. The molecule has 0 aromatic heterocycles. The molecular formula is C19H20O6. The second kappa shape index (κ2) is 10.1. The summed E-state index contributed by atoms with van der Waals surface area (Å²) in [5.41, 5.74) is 1.82. The Morgan fingerprint density at radius 1 is 0.880 bits per heavy atom. The summed E-state index contributed by atoms with van der Waals surface area (Å²) in [6, 6.07) is 16.3. The van der Waals surface area contributed by atoms with Crippen LogP contribution in [0.3, 0.4) is 0 Å². The lowest BCUT2D eigenvalue weighted by Crippen LogP contribution is -2.13. The van der Waals surface area contributed by atoms with Crippen molar-refractivity contribution in [1.29, 1.82) is 0 Å². The molecule has 0 heterocycles. The number of carbonyl (C=O) groups is 2. The zero-order valence-electron chi connectivity index (χ0n) is 14.0. The standard InChI is InChI=1S/C19H20O6/c1-2-3-9-14-22-19(21)24-25-23-18(20)17-13-8-7-12-16(17)15-10-5-4-6-11-15/h4-8,10-13H,2-3,9,14H2,1H3. The molecule has 0 aliphatic carbocycles. The molecule has 0 aliphatic rings. The first-order valence-electron chi connectivity index (χ1n) is 8.09. The molecule has 6 nitrogen and oxygen atoms in total. The van der Waals surface area contributed by atoms with Crippen LogP contribution in [0.2, 0.25) is 0 Å². The second-order valence-corrected chi connectivity index (χ2v) is 5.24. The maximum atomic E-state index is 12.1. The normalized spacial score (nSPS) is 10.1. The molecular weight excluding hydrogens is 324 g/mol. The van der Waals surface area contributed by atoms with Gasteiger partial charge in [-0.05, 0) is 23.6 Å². The van der Waals surface area contributed by atoms with Crippen LogP contribution < -0.4 is 0 Å². The summed E-state index contributed by atoms with van der Waals surface area (Å²) in [5.74, 6) is -0.779. The van der Waals surface area contributed by atoms with Crippen LogP contribution in [0.15, 0.2) is 54.6 Å². The van der Waals surface area contributed by atoms with Crippen molar-refractivity contribution in [3.8, 4) is 11.1 Å². The number of hydrogen-bond acceptors (Lipinski definition) is 6. The number of unbranched alkanes of at least 4 members (excludes halogenated alkanes) is 2. The summed E-state index contributed by atoms with van der Waals surface area (Å²) >= 11 is 0. The number of hydrogen-bond donors (Lipinski definition) is 0. The highest BCUT2D eigenvalue weighted by Gasteiger charge is 2.16. The van der Waals surface area contributed by atoms with E-state index < -0.39 is 12.1 Å². The molecule has 0 saturated heterocycles. The first-order valence-corrected chi connectivity index (χ1v) is 8.09. The zero-order valence-corrected chi connectivity index (χ0v) is 14.0. The van der Waals surface area contributed by atoms with Crippen LogP contribution in [0.1, 0.15) is 36.5 Å². The van der Waals surface area contributed by atoms with Crippen LogP contribution in [-0.2, 0) is 19.6 Å². The Morgan fingerprint density at radius 2 is 1.60 bits per heavy atom.